The molecule has 1 aromatic carbocycles. The Hall–Kier alpha value is -2.80. The summed E-state index contributed by atoms with van der Waals surface area (Å²) in [4.78, 5) is 0. The monoisotopic (exact) mass is 393 g/mol. The second-order valence-corrected chi connectivity index (χ2v) is 7.36. The fourth-order valence-electron chi connectivity index (χ4n) is 3.51. The predicted molar refractivity (Wildman–Crippen MR) is 114 cm³/mol. The summed E-state index contributed by atoms with van der Waals surface area (Å²) in [5.74, 6) is 0.672. The van der Waals surface area contributed by atoms with Gasteiger partial charge in [-0.25, -0.2) is 0 Å². The molecule has 0 radical (unpaired) electrons. The molecule has 0 aliphatic heterocycles. The van der Waals surface area contributed by atoms with Crippen molar-refractivity contribution >= 4 is 29.2 Å². The van der Waals surface area contributed by atoms with Crippen molar-refractivity contribution in [3.8, 4) is 17.1 Å². The molecule has 0 amide bonds. The summed E-state index contributed by atoms with van der Waals surface area (Å²) in [6.45, 7) is 6.17. The van der Waals surface area contributed by atoms with E-state index >= 15 is 0 Å². The van der Waals surface area contributed by atoms with Gasteiger partial charge in [0.15, 0.2) is 11.0 Å². The van der Waals surface area contributed by atoms with Gasteiger partial charge in [0, 0.05) is 17.1 Å². The maximum atomic E-state index is 10.7. The number of aromatic nitrogens is 5. The van der Waals surface area contributed by atoms with E-state index in [-0.39, 0.29) is 5.75 Å². The SMILES string of the molecule is C=C1/C=C\C(n2c(S)nnc2-c2cc3c(CC)n[nH]c3cc2O)=C/CCCC1. The number of thiol groups is 1. The Morgan fingerprint density at radius 2 is 2.11 bits per heavy atom. The zero-order chi connectivity index (χ0) is 19.7. The Morgan fingerprint density at radius 3 is 2.93 bits per heavy atom. The topological polar surface area (TPSA) is 79.6 Å². The van der Waals surface area contributed by atoms with E-state index in [2.05, 4.69) is 52.6 Å². The Bertz CT molecular complexity index is 1110. The molecule has 0 spiro atoms. The number of allylic oxidation sites excluding steroid dienone is 5. The summed E-state index contributed by atoms with van der Waals surface area (Å²) in [5, 5.41) is 27.9. The zero-order valence-electron chi connectivity index (χ0n) is 15.8. The van der Waals surface area contributed by atoms with Gasteiger partial charge in [-0.2, -0.15) is 5.10 Å². The van der Waals surface area contributed by atoms with Crippen molar-refractivity contribution < 1.29 is 5.11 Å². The number of fused-ring (bicyclic) bond motifs is 1. The van der Waals surface area contributed by atoms with E-state index in [9.17, 15) is 5.11 Å². The van der Waals surface area contributed by atoms with Crippen LogP contribution in [0.3, 0.4) is 0 Å². The molecule has 6 nitrogen and oxygen atoms in total. The van der Waals surface area contributed by atoms with Crippen LogP contribution in [0, 0.1) is 0 Å². The number of phenolic OH excluding ortho intramolecular Hbond substituents is 1. The maximum absolute atomic E-state index is 10.7. The van der Waals surface area contributed by atoms with Gasteiger partial charge in [0.1, 0.15) is 5.75 Å². The van der Waals surface area contributed by atoms with Crippen molar-refractivity contribution in [2.24, 2.45) is 0 Å². The second kappa shape index (κ2) is 7.67. The highest BCUT2D eigenvalue weighted by atomic mass is 32.1. The van der Waals surface area contributed by atoms with Crippen molar-refractivity contribution in [2.45, 2.75) is 44.2 Å². The molecule has 3 aromatic rings. The third-order valence-electron chi connectivity index (χ3n) is 5.03. The van der Waals surface area contributed by atoms with E-state index in [1.165, 1.54) is 0 Å². The van der Waals surface area contributed by atoms with Crippen molar-refractivity contribution in [1.82, 2.24) is 25.0 Å². The van der Waals surface area contributed by atoms with Gasteiger partial charge in [0.05, 0.1) is 16.8 Å². The molecule has 2 heterocycles. The first-order chi connectivity index (χ1) is 13.6. The number of aryl methyl sites for hydroxylation is 1. The van der Waals surface area contributed by atoms with Crippen molar-refractivity contribution in [3.05, 3.63) is 48.2 Å². The molecule has 28 heavy (non-hydrogen) atoms. The Morgan fingerprint density at radius 1 is 1.25 bits per heavy atom. The molecule has 0 saturated heterocycles. The fourth-order valence-corrected chi connectivity index (χ4v) is 3.77. The number of aromatic amines is 1. The molecule has 0 fully saturated rings. The molecule has 0 atom stereocenters. The lowest BCUT2D eigenvalue weighted by atomic mass is 10.1. The lowest BCUT2D eigenvalue weighted by Crippen LogP contribution is -2.00. The van der Waals surface area contributed by atoms with Crippen LogP contribution in [0.5, 0.6) is 5.75 Å². The molecule has 2 aromatic heterocycles. The van der Waals surface area contributed by atoms with E-state index in [4.69, 9.17) is 0 Å². The van der Waals surface area contributed by atoms with Gasteiger partial charge >= 0.3 is 0 Å². The summed E-state index contributed by atoms with van der Waals surface area (Å²) in [7, 11) is 0. The molecule has 144 valence electrons. The first-order valence-corrected chi connectivity index (χ1v) is 9.94. The van der Waals surface area contributed by atoms with Gasteiger partial charge in [-0.3, -0.25) is 9.67 Å². The first kappa shape index (κ1) is 18.6. The molecular weight excluding hydrogens is 370 g/mol. The van der Waals surface area contributed by atoms with E-state index in [0.717, 1.165) is 60.0 Å². The van der Waals surface area contributed by atoms with Crippen LogP contribution in [-0.4, -0.2) is 30.1 Å². The zero-order valence-corrected chi connectivity index (χ0v) is 16.7. The number of hydrogen-bond acceptors (Lipinski definition) is 5. The van der Waals surface area contributed by atoms with Crippen LogP contribution < -0.4 is 0 Å². The fraction of sp³-hybridized carbons (Fsp3) is 0.286. The van der Waals surface area contributed by atoms with Crippen LogP contribution in [0.2, 0.25) is 0 Å². The smallest absolute Gasteiger partial charge is 0.193 e. The van der Waals surface area contributed by atoms with Crippen LogP contribution in [0.15, 0.2) is 47.7 Å². The number of nitrogens with zero attached hydrogens (tertiary/aromatic N) is 4. The molecule has 0 unspecified atom stereocenters. The maximum Gasteiger partial charge on any atom is 0.193 e. The lowest BCUT2D eigenvalue weighted by Gasteiger charge is -2.11. The number of phenols is 1. The molecule has 0 saturated carbocycles. The first-order valence-electron chi connectivity index (χ1n) is 9.49. The van der Waals surface area contributed by atoms with Crippen molar-refractivity contribution in [3.63, 3.8) is 0 Å². The average molecular weight is 394 g/mol. The summed E-state index contributed by atoms with van der Waals surface area (Å²) in [6, 6.07) is 3.60. The Labute approximate surface area is 169 Å². The number of rotatable bonds is 3. The number of benzene rings is 1. The number of H-pyrrole nitrogens is 1. The molecule has 1 aliphatic rings. The highest BCUT2D eigenvalue weighted by molar-refractivity contribution is 7.80. The summed E-state index contributed by atoms with van der Waals surface area (Å²) in [5.41, 5.74) is 4.37. The van der Waals surface area contributed by atoms with E-state index < -0.39 is 0 Å². The van der Waals surface area contributed by atoms with Gasteiger partial charge in [-0.15, -0.1) is 22.8 Å². The van der Waals surface area contributed by atoms with Crippen LogP contribution >= 0.6 is 12.6 Å². The third-order valence-corrected chi connectivity index (χ3v) is 5.32. The Kier molecular flexibility index (Phi) is 5.09. The highest BCUT2D eigenvalue weighted by Gasteiger charge is 2.19. The van der Waals surface area contributed by atoms with Gasteiger partial charge in [0.25, 0.3) is 0 Å². The van der Waals surface area contributed by atoms with Crippen LogP contribution in [0.1, 0.15) is 38.3 Å². The van der Waals surface area contributed by atoms with Crippen LogP contribution in [0.4, 0.5) is 0 Å². The van der Waals surface area contributed by atoms with E-state index in [1.807, 2.05) is 22.8 Å². The highest BCUT2D eigenvalue weighted by Crippen LogP contribution is 2.35. The van der Waals surface area contributed by atoms with Gasteiger partial charge in [-0.1, -0.05) is 31.2 Å². The molecule has 0 bridgehead atoms. The molecule has 1 aliphatic carbocycles. The van der Waals surface area contributed by atoms with Gasteiger partial charge in [0.2, 0.25) is 0 Å². The second-order valence-electron chi connectivity index (χ2n) is 6.96. The Balaban J connectivity index is 1.88. The van der Waals surface area contributed by atoms with E-state index in [0.29, 0.717) is 16.5 Å². The number of nitrogens with one attached hydrogen (secondary N) is 1. The molecule has 2 N–H and O–H groups in total. The van der Waals surface area contributed by atoms with Crippen LogP contribution in [-0.2, 0) is 6.42 Å². The summed E-state index contributed by atoms with van der Waals surface area (Å²) >= 11 is 4.52. The molecule has 4 rings (SSSR count). The molecular formula is C21H23N5OS. The van der Waals surface area contributed by atoms with Crippen molar-refractivity contribution in [2.75, 3.05) is 0 Å². The largest absolute Gasteiger partial charge is 0.507 e. The lowest BCUT2D eigenvalue weighted by molar-refractivity contribution is 0.477. The standard InChI is InChI=1S/C21H23N5OS/c1-3-17-15-11-16(19(27)12-18(15)23-22-17)20-24-25-21(28)26(20)14-8-6-4-5-7-13(2)9-10-14/h8-12,27H,2-7H2,1H3,(H,22,23)(H,25,28)/b10-9-,14-8+. The third kappa shape index (κ3) is 3.38. The minimum atomic E-state index is 0.123. The minimum Gasteiger partial charge on any atom is -0.507 e. The average Bonchev–Trinajstić information content (AvgIpc) is 3.27. The number of hydrogen-bond donors (Lipinski definition) is 3. The normalized spacial score (nSPS) is 18.4. The minimum absolute atomic E-state index is 0.123. The van der Waals surface area contributed by atoms with Gasteiger partial charge < -0.3 is 5.11 Å². The van der Waals surface area contributed by atoms with E-state index in [1.54, 1.807) is 6.07 Å². The summed E-state index contributed by atoms with van der Waals surface area (Å²) < 4.78 is 1.87. The van der Waals surface area contributed by atoms with Gasteiger partial charge in [-0.05, 0) is 44.2 Å². The summed E-state index contributed by atoms with van der Waals surface area (Å²) in [6.07, 6.45) is 11.2. The predicted octanol–water partition coefficient (Wildman–Crippen LogP) is 4.91. The van der Waals surface area contributed by atoms with Crippen LogP contribution in [0.25, 0.3) is 28.0 Å². The van der Waals surface area contributed by atoms with Crippen molar-refractivity contribution in [1.29, 1.82) is 0 Å². The quantitative estimate of drug-likeness (QED) is 0.553. The number of aromatic hydroxyl groups is 1. The molecule has 7 heteroatoms.